The Kier molecular flexibility index (Phi) is 8.48. The first-order valence-electron chi connectivity index (χ1n) is 14.1. The first-order chi connectivity index (χ1) is 21.2. The summed E-state index contributed by atoms with van der Waals surface area (Å²) in [6.07, 6.45) is 0. The average molecular weight is 582 g/mol. The van der Waals surface area contributed by atoms with E-state index in [1.807, 2.05) is 18.2 Å². The minimum atomic E-state index is -0.464. The summed E-state index contributed by atoms with van der Waals surface area (Å²) in [7, 11) is 4.72. The molecule has 0 fully saturated rings. The van der Waals surface area contributed by atoms with Gasteiger partial charge in [-0.25, -0.2) is 0 Å². The third-order valence-corrected chi connectivity index (χ3v) is 9.65. The summed E-state index contributed by atoms with van der Waals surface area (Å²) in [6, 6.07) is 50.9. The molecular formula is C39H33O3S+. The minimum Gasteiger partial charge on any atom is -0.496 e. The van der Waals surface area contributed by atoms with Gasteiger partial charge in [-0.05, 0) is 53.1 Å². The molecule has 6 aromatic carbocycles. The number of methoxy groups -OCH3 is 3. The van der Waals surface area contributed by atoms with Crippen LogP contribution < -0.4 is 14.2 Å². The van der Waals surface area contributed by atoms with Gasteiger partial charge >= 0.3 is 0 Å². The fourth-order valence-electron chi connectivity index (χ4n) is 5.38. The molecule has 0 saturated heterocycles. The van der Waals surface area contributed by atoms with Crippen molar-refractivity contribution in [3.63, 3.8) is 0 Å². The summed E-state index contributed by atoms with van der Waals surface area (Å²) in [5.41, 5.74) is 6.53. The standard InChI is InChI=1S/C39H33O3S/c1-40-37-22-19-31(25-34(37)28-13-7-4-8-14-28)43(32-20-23-38(41-2)35(26-32)29-15-9-5-10-16-29)33-21-24-39(42-3)36(27-33)30-17-11-6-12-18-30/h4-27H,1-3H3/q+1. The van der Waals surface area contributed by atoms with Gasteiger partial charge in [-0.2, -0.15) is 0 Å². The Bertz CT molecular complexity index is 1600. The number of hydrogen-bond donors (Lipinski definition) is 0. The second-order valence-corrected chi connectivity index (χ2v) is 12.0. The lowest BCUT2D eigenvalue weighted by molar-refractivity contribution is 0.416. The molecular weight excluding hydrogens is 548 g/mol. The molecule has 0 bridgehead atoms. The van der Waals surface area contributed by atoms with Crippen molar-refractivity contribution in [1.82, 2.24) is 0 Å². The van der Waals surface area contributed by atoms with E-state index in [1.165, 1.54) is 14.7 Å². The van der Waals surface area contributed by atoms with Gasteiger partial charge in [-0.15, -0.1) is 0 Å². The maximum Gasteiger partial charge on any atom is 0.167 e. The van der Waals surface area contributed by atoms with E-state index in [2.05, 4.69) is 127 Å². The summed E-state index contributed by atoms with van der Waals surface area (Å²) >= 11 is 0. The third-order valence-electron chi connectivity index (χ3n) is 7.47. The van der Waals surface area contributed by atoms with Crippen LogP contribution in [0.4, 0.5) is 0 Å². The van der Waals surface area contributed by atoms with Crippen molar-refractivity contribution in [2.75, 3.05) is 21.3 Å². The van der Waals surface area contributed by atoms with Crippen LogP contribution in [0.5, 0.6) is 17.2 Å². The van der Waals surface area contributed by atoms with Crippen LogP contribution >= 0.6 is 0 Å². The van der Waals surface area contributed by atoms with Crippen molar-refractivity contribution in [2.24, 2.45) is 0 Å². The van der Waals surface area contributed by atoms with E-state index in [0.717, 1.165) is 50.6 Å². The molecule has 3 nitrogen and oxygen atoms in total. The van der Waals surface area contributed by atoms with Gasteiger partial charge in [0, 0.05) is 34.9 Å². The highest BCUT2D eigenvalue weighted by Crippen LogP contribution is 2.42. The molecule has 0 atom stereocenters. The third kappa shape index (κ3) is 5.88. The van der Waals surface area contributed by atoms with Crippen molar-refractivity contribution < 1.29 is 14.2 Å². The van der Waals surface area contributed by atoms with Crippen molar-refractivity contribution in [1.29, 1.82) is 0 Å². The number of benzene rings is 6. The van der Waals surface area contributed by atoms with E-state index in [1.54, 1.807) is 21.3 Å². The van der Waals surface area contributed by atoms with E-state index in [4.69, 9.17) is 14.2 Å². The average Bonchev–Trinajstić information content (AvgIpc) is 3.09. The predicted molar refractivity (Wildman–Crippen MR) is 177 cm³/mol. The maximum absolute atomic E-state index is 5.83. The summed E-state index contributed by atoms with van der Waals surface area (Å²) in [6.45, 7) is 0. The van der Waals surface area contributed by atoms with Crippen LogP contribution in [-0.4, -0.2) is 21.3 Å². The zero-order chi connectivity index (χ0) is 29.6. The molecule has 0 radical (unpaired) electrons. The molecule has 0 spiro atoms. The Hall–Kier alpha value is -4.93. The molecule has 0 aliphatic heterocycles. The van der Waals surface area contributed by atoms with Gasteiger partial charge in [0.1, 0.15) is 17.2 Å². The normalized spacial score (nSPS) is 10.9. The van der Waals surface area contributed by atoms with Crippen LogP contribution in [0.15, 0.2) is 160 Å². The Morgan fingerprint density at radius 3 is 0.884 bits per heavy atom. The van der Waals surface area contributed by atoms with Crippen molar-refractivity contribution in [2.45, 2.75) is 14.7 Å². The van der Waals surface area contributed by atoms with Crippen LogP contribution in [0.1, 0.15) is 0 Å². The highest BCUT2D eigenvalue weighted by Gasteiger charge is 2.32. The Morgan fingerprint density at radius 1 is 0.349 bits per heavy atom. The molecule has 0 aromatic heterocycles. The summed E-state index contributed by atoms with van der Waals surface area (Å²) < 4.78 is 17.5. The van der Waals surface area contributed by atoms with Gasteiger partial charge in [-0.3, -0.25) is 0 Å². The van der Waals surface area contributed by atoms with E-state index < -0.39 is 10.9 Å². The summed E-state index contributed by atoms with van der Waals surface area (Å²) in [5.74, 6) is 2.54. The Morgan fingerprint density at radius 2 is 0.628 bits per heavy atom. The smallest absolute Gasteiger partial charge is 0.167 e. The number of ether oxygens (including phenoxy) is 3. The fraction of sp³-hybridized carbons (Fsp3) is 0.0769. The van der Waals surface area contributed by atoms with Crippen LogP contribution in [0.3, 0.4) is 0 Å². The lowest BCUT2D eigenvalue weighted by Gasteiger charge is -2.16. The lowest BCUT2D eigenvalue weighted by atomic mass is 10.0. The topological polar surface area (TPSA) is 27.7 Å². The molecule has 0 unspecified atom stereocenters. The van der Waals surface area contributed by atoms with Crippen LogP contribution in [0.25, 0.3) is 33.4 Å². The van der Waals surface area contributed by atoms with E-state index in [-0.39, 0.29) is 0 Å². The van der Waals surface area contributed by atoms with Crippen LogP contribution in [0, 0.1) is 0 Å². The van der Waals surface area contributed by atoms with Gasteiger partial charge < -0.3 is 14.2 Å². The maximum atomic E-state index is 5.83. The van der Waals surface area contributed by atoms with Gasteiger partial charge in [0.2, 0.25) is 0 Å². The summed E-state index contributed by atoms with van der Waals surface area (Å²) in [4.78, 5) is 3.56. The first kappa shape index (κ1) is 28.2. The molecule has 0 saturated carbocycles. The molecule has 212 valence electrons. The lowest BCUT2D eigenvalue weighted by Crippen LogP contribution is -2.07. The SMILES string of the molecule is COc1ccc([S+](c2ccc(OC)c(-c3ccccc3)c2)c2ccc(OC)c(-c3ccccc3)c2)cc1-c1ccccc1. The molecule has 6 aromatic rings. The van der Waals surface area contributed by atoms with Crippen molar-refractivity contribution >= 4 is 10.9 Å². The Labute approximate surface area is 256 Å². The van der Waals surface area contributed by atoms with Gasteiger partial charge in [0.05, 0.1) is 32.2 Å². The first-order valence-corrected chi connectivity index (χ1v) is 15.4. The zero-order valence-corrected chi connectivity index (χ0v) is 25.3. The minimum absolute atomic E-state index is 0.464. The van der Waals surface area contributed by atoms with E-state index in [0.29, 0.717) is 0 Å². The monoisotopic (exact) mass is 581 g/mol. The molecule has 6 rings (SSSR count). The molecule has 4 heteroatoms. The molecule has 0 amide bonds. The highest BCUT2D eigenvalue weighted by molar-refractivity contribution is 7.97. The summed E-state index contributed by atoms with van der Waals surface area (Å²) in [5, 5.41) is 0. The second-order valence-electron chi connectivity index (χ2n) is 9.99. The van der Waals surface area contributed by atoms with Crippen molar-refractivity contribution in [3.05, 3.63) is 146 Å². The largest absolute Gasteiger partial charge is 0.496 e. The second kappa shape index (κ2) is 12.9. The highest BCUT2D eigenvalue weighted by atomic mass is 32.2. The van der Waals surface area contributed by atoms with Gasteiger partial charge in [-0.1, -0.05) is 91.0 Å². The fourth-order valence-corrected chi connectivity index (χ4v) is 7.52. The van der Waals surface area contributed by atoms with Crippen LogP contribution in [-0.2, 0) is 10.9 Å². The number of hydrogen-bond acceptors (Lipinski definition) is 3. The van der Waals surface area contributed by atoms with E-state index in [9.17, 15) is 0 Å². The van der Waals surface area contributed by atoms with Gasteiger partial charge in [0.15, 0.2) is 14.7 Å². The number of rotatable bonds is 9. The quantitative estimate of drug-likeness (QED) is 0.159. The van der Waals surface area contributed by atoms with Crippen LogP contribution in [0.2, 0.25) is 0 Å². The molecule has 0 heterocycles. The molecule has 0 aliphatic rings. The molecule has 0 N–H and O–H groups in total. The molecule has 0 aliphatic carbocycles. The Balaban J connectivity index is 1.59. The van der Waals surface area contributed by atoms with Gasteiger partial charge in [0.25, 0.3) is 0 Å². The van der Waals surface area contributed by atoms with Crippen molar-refractivity contribution in [3.8, 4) is 50.6 Å². The predicted octanol–water partition coefficient (Wildman–Crippen LogP) is 9.81. The van der Waals surface area contributed by atoms with E-state index >= 15 is 0 Å². The molecule has 43 heavy (non-hydrogen) atoms. The zero-order valence-electron chi connectivity index (χ0n) is 24.5.